The summed E-state index contributed by atoms with van der Waals surface area (Å²) in [7, 11) is 4.13. The van der Waals surface area contributed by atoms with E-state index in [1.54, 1.807) is 11.8 Å². The number of aromatic nitrogens is 1. The molecule has 19 heavy (non-hydrogen) atoms. The fourth-order valence-corrected chi connectivity index (χ4v) is 3.08. The van der Waals surface area contributed by atoms with Gasteiger partial charge in [0.2, 0.25) is 5.91 Å². The number of hydrogen-bond acceptors (Lipinski definition) is 3. The van der Waals surface area contributed by atoms with Gasteiger partial charge in [0.25, 0.3) is 0 Å². The predicted molar refractivity (Wildman–Crippen MR) is 80.3 cm³/mol. The van der Waals surface area contributed by atoms with Crippen LogP contribution in [0, 0.1) is 0 Å². The number of halogens is 1. The van der Waals surface area contributed by atoms with E-state index in [-0.39, 0.29) is 5.91 Å². The molecule has 1 N–H and O–H groups in total. The second-order valence-electron chi connectivity index (χ2n) is 4.71. The Morgan fingerprint density at radius 1 is 1.47 bits per heavy atom. The summed E-state index contributed by atoms with van der Waals surface area (Å²) < 4.78 is 1.01. The minimum Gasteiger partial charge on any atom is -0.338 e. The Kier molecular flexibility index (Phi) is 4.39. The SMILES string of the molecule is CC(=O)N(CC[NH+](C)C)c1nc2c(Cl)cccc2s1. The van der Waals surface area contributed by atoms with Crippen LogP contribution < -0.4 is 9.80 Å². The van der Waals surface area contributed by atoms with Crippen LogP contribution in [0.3, 0.4) is 0 Å². The van der Waals surface area contributed by atoms with E-state index in [0.717, 1.165) is 21.9 Å². The smallest absolute Gasteiger partial charge is 0.225 e. The fraction of sp³-hybridized carbons (Fsp3) is 0.385. The van der Waals surface area contributed by atoms with Crippen molar-refractivity contribution in [1.82, 2.24) is 4.98 Å². The number of thiazole rings is 1. The molecule has 0 bridgehead atoms. The number of para-hydroxylation sites is 1. The van der Waals surface area contributed by atoms with Gasteiger partial charge in [0.15, 0.2) is 5.13 Å². The molecule has 0 aliphatic rings. The first-order valence-corrected chi connectivity index (χ1v) is 7.30. The van der Waals surface area contributed by atoms with Gasteiger partial charge in [-0.2, -0.15) is 0 Å². The molecule has 4 nitrogen and oxygen atoms in total. The highest BCUT2D eigenvalue weighted by atomic mass is 35.5. The molecule has 1 aromatic heterocycles. The maximum atomic E-state index is 11.8. The standard InChI is InChI=1S/C13H16ClN3OS/c1-9(18)17(8-7-16(2)3)13-15-12-10(14)5-4-6-11(12)19-13/h4-6H,7-8H2,1-3H3/p+1. The third-order valence-electron chi connectivity index (χ3n) is 2.80. The van der Waals surface area contributed by atoms with Crippen LogP contribution in [-0.2, 0) is 4.79 Å². The van der Waals surface area contributed by atoms with E-state index in [4.69, 9.17) is 11.6 Å². The predicted octanol–water partition coefficient (Wildman–Crippen LogP) is 1.45. The molecule has 0 saturated heterocycles. The molecule has 2 rings (SSSR count). The van der Waals surface area contributed by atoms with Gasteiger partial charge < -0.3 is 4.90 Å². The van der Waals surface area contributed by atoms with Gasteiger partial charge >= 0.3 is 0 Å². The normalized spacial score (nSPS) is 11.2. The number of benzene rings is 1. The zero-order valence-corrected chi connectivity index (χ0v) is 12.8. The molecule has 0 saturated carbocycles. The second-order valence-corrected chi connectivity index (χ2v) is 6.13. The van der Waals surface area contributed by atoms with E-state index in [0.29, 0.717) is 11.6 Å². The van der Waals surface area contributed by atoms with E-state index in [1.165, 1.54) is 16.2 Å². The van der Waals surface area contributed by atoms with Gasteiger partial charge in [0.05, 0.1) is 36.9 Å². The first-order chi connectivity index (χ1) is 8.99. The lowest BCUT2D eigenvalue weighted by Gasteiger charge is -2.18. The van der Waals surface area contributed by atoms with Gasteiger partial charge in [-0.3, -0.25) is 9.69 Å². The topological polar surface area (TPSA) is 37.6 Å². The fourth-order valence-electron chi connectivity index (χ4n) is 1.74. The van der Waals surface area contributed by atoms with E-state index < -0.39 is 0 Å². The highest BCUT2D eigenvalue weighted by molar-refractivity contribution is 7.22. The van der Waals surface area contributed by atoms with E-state index >= 15 is 0 Å². The number of rotatable bonds is 4. The number of carbonyl (C=O) groups excluding carboxylic acids is 1. The first-order valence-electron chi connectivity index (χ1n) is 6.11. The zero-order valence-electron chi connectivity index (χ0n) is 11.2. The van der Waals surface area contributed by atoms with Gasteiger partial charge in [-0.15, -0.1) is 0 Å². The molecule has 102 valence electrons. The molecule has 6 heteroatoms. The van der Waals surface area contributed by atoms with Gasteiger partial charge in [-0.25, -0.2) is 4.98 Å². The third-order valence-corrected chi connectivity index (χ3v) is 4.15. The molecule has 0 aliphatic heterocycles. The Hall–Kier alpha value is -1.17. The number of amides is 1. The van der Waals surface area contributed by atoms with Crippen molar-refractivity contribution >= 4 is 44.2 Å². The van der Waals surface area contributed by atoms with Gasteiger partial charge in [-0.1, -0.05) is 29.0 Å². The number of carbonyl (C=O) groups is 1. The van der Waals surface area contributed by atoms with E-state index in [1.807, 2.05) is 18.2 Å². The maximum Gasteiger partial charge on any atom is 0.225 e. The molecular formula is C13H17ClN3OS+. The lowest BCUT2D eigenvalue weighted by molar-refractivity contribution is -0.856. The summed E-state index contributed by atoms with van der Waals surface area (Å²) >= 11 is 7.62. The van der Waals surface area contributed by atoms with Crippen molar-refractivity contribution in [2.75, 3.05) is 32.1 Å². The molecule has 0 spiro atoms. The Balaban J connectivity index is 2.34. The number of nitrogens with one attached hydrogen (secondary N) is 1. The average molecular weight is 299 g/mol. The quantitative estimate of drug-likeness (QED) is 0.928. The van der Waals surface area contributed by atoms with Crippen LogP contribution in [-0.4, -0.2) is 38.1 Å². The highest BCUT2D eigenvalue weighted by Crippen LogP contribution is 2.32. The van der Waals surface area contributed by atoms with Crippen molar-refractivity contribution in [3.8, 4) is 0 Å². The van der Waals surface area contributed by atoms with Crippen molar-refractivity contribution in [3.63, 3.8) is 0 Å². The Morgan fingerprint density at radius 3 is 2.79 bits per heavy atom. The summed E-state index contributed by atoms with van der Waals surface area (Å²) in [6, 6.07) is 5.68. The molecule has 0 fully saturated rings. The summed E-state index contributed by atoms with van der Waals surface area (Å²) in [6.07, 6.45) is 0. The number of quaternary nitrogens is 1. The van der Waals surface area contributed by atoms with Crippen molar-refractivity contribution in [2.45, 2.75) is 6.92 Å². The largest absolute Gasteiger partial charge is 0.338 e. The molecule has 0 aliphatic carbocycles. The van der Waals surface area contributed by atoms with E-state index in [2.05, 4.69) is 19.1 Å². The number of fused-ring (bicyclic) bond motifs is 1. The van der Waals surface area contributed by atoms with Crippen LogP contribution in [0.5, 0.6) is 0 Å². The Bertz CT molecular complexity index is 597. The van der Waals surface area contributed by atoms with Gasteiger partial charge in [-0.05, 0) is 12.1 Å². The minimum atomic E-state index is 0.0106. The number of nitrogens with zero attached hydrogens (tertiary/aromatic N) is 2. The summed E-state index contributed by atoms with van der Waals surface area (Å²) in [5.41, 5.74) is 0.771. The zero-order chi connectivity index (χ0) is 14.0. The van der Waals surface area contributed by atoms with Crippen LogP contribution in [0.2, 0.25) is 5.02 Å². The second kappa shape index (κ2) is 5.86. The molecule has 0 unspecified atom stereocenters. The molecule has 0 atom stereocenters. The van der Waals surface area contributed by atoms with Crippen molar-refractivity contribution in [1.29, 1.82) is 0 Å². The van der Waals surface area contributed by atoms with Crippen molar-refractivity contribution in [2.24, 2.45) is 0 Å². The van der Waals surface area contributed by atoms with Gasteiger partial charge in [0, 0.05) is 6.92 Å². The molecule has 2 aromatic rings. The Morgan fingerprint density at radius 2 is 2.21 bits per heavy atom. The maximum absolute atomic E-state index is 11.8. The molecule has 1 amide bonds. The minimum absolute atomic E-state index is 0.0106. The molecule has 1 aromatic carbocycles. The van der Waals surface area contributed by atoms with E-state index in [9.17, 15) is 4.79 Å². The molecular weight excluding hydrogens is 282 g/mol. The first kappa shape index (κ1) is 14.2. The summed E-state index contributed by atoms with van der Waals surface area (Å²) in [5.74, 6) is 0.0106. The summed E-state index contributed by atoms with van der Waals surface area (Å²) in [6.45, 7) is 3.11. The van der Waals surface area contributed by atoms with Crippen LogP contribution in [0.15, 0.2) is 18.2 Å². The van der Waals surface area contributed by atoms with Crippen LogP contribution in [0.4, 0.5) is 5.13 Å². The number of anilines is 1. The highest BCUT2D eigenvalue weighted by Gasteiger charge is 2.18. The Labute approximate surface area is 121 Å². The summed E-state index contributed by atoms with van der Waals surface area (Å²) in [5, 5.41) is 1.35. The molecule has 0 radical (unpaired) electrons. The molecule has 1 heterocycles. The lowest BCUT2D eigenvalue weighted by Crippen LogP contribution is -3.06. The van der Waals surface area contributed by atoms with Gasteiger partial charge in [0.1, 0.15) is 5.52 Å². The van der Waals surface area contributed by atoms with Crippen LogP contribution in [0.25, 0.3) is 10.2 Å². The van der Waals surface area contributed by atoms with Crippen molar-refractivity contribution in [3.05, 3.63) is 23.2 Å². The summed E-state index contributed by atoms with van der Waals surface area (Å²) in [4.78, 5) is 19.3. The number of likely N-dealkylation sites (N-methyl/N-ethyl adjacent to an activating group) is 1. The third kappa shape index (κ3) is 3.23. The van der Waals surface area contributed by atoms with Crippen molar-refractivity contribution < 1.29 is 9.69 Å². The average Bonchev–Trinajstić information content (AvgIpc) is 2.73. The van der Waals surface area contributed by atoms with Crippen LogP contribution in [0.1, 0.15) is 6.92 Å². The monoisotopic (exact) mass is 298 g/mol. The number of hydrogen-bond donors (Lipinski definition) is 1. The lowest BCUT2D eigenvalue weighted by atomic mass is 10.3. The van der Waals surface area contributed by atoms with Crippen LogP contribution >= 0.6 is 22.9 Å².